The van der Waals surface area contributed by atoms with Crippen molar-refractivity contribution in [3.8, 4) is 0 Å². The second kappa shape index (κ2) is 9.84. The fourth-order valence-corrected chi connectivity index (χ4v) is 4.44. The lowest BCUT2D eigenvalue weighted by atomic mass is 9.90. The number of hydrogen-bond acceptors (Lipinski definition) is 8. The van der Waals surface area contributed by atoms with Crippen molar-refractivity contribution in [3.63, 3.8) is 0 Å². The van der Waals surface area contributed by atoms with Gasteiger partial charge in [-0.15, -0.1) is 0 Å². The second-order valence-electron chi connectivity index (χ2n) is 9.64. The molecule has 1 aromatic carbocycles. The first-order valence-electron chi connectivity index (χ1n) is 11.4. The fraction of sp³-hybridized carbons (Fsp3) is 0.400. The number of oxazole rings is 1. The normalized spacial score (nSPS) is 21.8. The molecule has 190 valence electrons. The number of carbonyl (C=O) groups is 3. The van der Waals surface area contributed by atoms with Gasteiger partial charge in [-0.25, -0.2) is 14.6 Å². The number of benzene rings is 1. The number of carbonyl (C=O) groups excluding carboxylic acids is 2. The van der Waals surface area contributed by atoms with E-state index in [9.17, 15) is 19.5 Å². The summed E-state index contributed by atoms with van der Waals surface area (Å²) in [5, 5.41) is 14.3. The minimum atomic E-state index is -1.76. The number of hydrogen-bond donors (Lipinski definition) is 1. The Labute approximate surface area is 207 Å². The molecule has 3 heterocycles. The van der Waals surface area contributed by atoms with Crippen molar-refractivity contribution in [1.29, 1.82) is 0 Å². The van der Waals surface area contributed by atoms with Gasteiger partial charge < -0.3 is 19.0 Å². The molecular formula is C25H28N4O7. The molecule has 2 aromatic heterocycles. The molecule has 1 aliphatic rings. The van der Waals surface area contributed by atoms with E-state index >= 15 is 0 Å². The van der Waals surface area contributed by atoms with Crippen LogP contribution in [0.15, 0.2) is 65.8 Å². The van der Waals surface area contributed by atoms with Crippen LogP contribution in [-0.2, 0) is 32.2 Å². The van der Waals surface area contributed by atoms with Gasteiger partial charge >= 0.3 is 18.0 Å². The maximum atomic E-state index is 13.8. The fourth-order valence-electron chi connectivity index (χ4n) is 4.44. The summed E-state index contributed by atoms with van der Waals surface area (Å²) in [5.74, 6) is -3.06. The van der Waals surface area contributed by atoms with Crippen LogP contribution in [0.3, 0.4) is 0 Å². The number of carboxylic acid groups (broad SMARTS) is 1. The van der Waals surface area contributed by atoms with Gasteiger partial charge in [-0.05, 0) is 38.8 Å². The minimum absolute atomic E-state index is 0.0802. The summed E-state index contributed by atoms with van der Waals surface area (Å²) in [4.78, 5) is 45.0. The Morgan fingerprint density at radius 2 is 1.94 bits per heavy atom. The van der Waals surface area contributed by atoms with Crippen LogP contribution in [0, 0.1) is 5.92 Å². The zero-order chi connectivity index (χ0) is 25.9. The lowest BCUT2D eigenvalue weighted by Crippen LogP contribution is -2.58. The Kier molecular flexibility index (Phi) is 6.82. The van der Waals surface area contributed by atoms with E-state index in [1.807, 2.05) is 6.07 Å². The summed E-state index contributed by atoms with van der Waals surface area (Å²) < 4.78 is 18.3. The largest absolute Gasteiger partial charge is 0.481 e. The predicted octanol–water partition coefficient (Wildman–Crippen LogP) is 3.44. The second-order valence-corrected chi connectivity index (χ2v) is 9.64. The van der Waals surface area contributed by atoms with Crippen LogP contribution in [0.5, 0.6) is 0 Å². The molecule has 11 heteroatoms. The number of nitrogens with zero attached hydrogens (tertiary/aromatic N) is 4. The number of ether oxygens (including phenoxy) is 2. The number of carboxylic acids is 1. The van der Waals surface area contributed by atoms with Crippen molar-refractivity contribution in [2.24, 2.45) is 5.92 Å². The topological polar surface area (TPSA) is 137 Å². The average Bonchev–Trinajstić information content (AvgIpc) is 3.58. The summed E-state index contributed by atoms with van der Waals surface area (Å²) in [6, 6.07) is 9.51. The van der Waals surface area contributed by atoms with Crippen molar-refractivity contribution in [3.05, 3.63) is 72.7 Å². The quantitative estimate of drug-likeness (QED) is 0.488. The highest BCUT2D eigenvalue weighted by molar-refractivity contribution is 5.89. The third kappa shape index (κ3) is 5.09. The predicted molar refractivity (Wildman–Crippen MR) is 124 cm³/mol. The molecule has 0 saturated carbocycles. The third-order valence-corrected chi connectivity index (χ3v) is 5.90. The monoisotopic (exact) mass is 496 g/mol. The molecule has 0 aliphatic carbocycles. The third-order valence-electron chi connectivity index (χ3n) is 5.90. The molecule has 4 rings (SSSR count). The van der Waals surface area contributed by atoms with Crippen molar-refractivity contribution < 1.29 is 33.4 Å². The van der Waals surface area contributed by atoms with E-state index in [0.29, 0.717) is 0 Å². The maximum Gasteiger partial charge on any atom is 0.411 e. The Bertz CT molecular complexity index is 1190. The highest BCUT2D eigenvalue weighted by Crippen LogP contribution is 2.49. The molecule has 3 aromatic rings. The van der Waals surface area contributed by atoms with E-state index in [0.717, 1.165) is 16.9 Å². The molecule has 36 heavy (non-hydrogen) atoms. The molecule has 1 N–H and O–H groups in total. The molecule has 1 amide bonds. The van der Waals surface area contributed by atoms with Crippen LogP contribution in [0.1, 0.15) is 44.6 Å². The van der Waals surface area contributed by atoms with Gasteiger partial charge in [0.05, 0.1) is 18.7 Å². The first-order valence-corrected chi connectivity index (χ1v) is 11.4. The van der Waals surface area contributed by atoms with Crippen LogP contribution in [0.4, 0.5) is 4.79 Å². The van der Waals surface area contributed by atoms with E-state index in [1.54, 1.807) is 57.3 Å². The van der Waals surface area contributed by atoms with Crippen molar-refractivity contribution in [2.75, 3.05) is 0 Å². The van der Waals surface area contributed by atoms with Gasteiger partial charge in [0.1, 0.15) is 24.0 Å². The van der Waals surface area contributed by atoms with Gasteiger partial charge in [0.15, 0.2) is 11.9 Å². The molecule has 11 nitrogen and oxygen atoms in total. The molecule has 0 spiro atoms. The number of rotatable bonds is 7. The molecule has 3 atom stereocenters. The van der Waals surface area contributed by atoms with E-state index in [2.05, 4.69) is 10.1 Å². The maximum absolute atomic E-state index is 13.8. The summed E-state index contributed by atoms with van der Waals surface area (Å²) >= 11 is 0. The Balaban J connectivity index is 1.82. The highest BCUT2D eigenvalue weighted by atomic mass is 16.6. The van der Waals surface area contributed by atoms with Crippen LogP contribution >= 0.6 is 0 Å². The smallest absolute Gasteiger partial charge is 0.411 e. The van der Waals surface area contributed by atoms with E-state index in [-0.39, 0.29) is 25.3 Å². The summed E-state index contributed by atoms with van der Waals surface area (Å²) in [7, 11) is 0. The summed E-state index contributed by atoms with van der Waals surface area (Å²) in [6.07, 6.45) is 4.49. The molecular weight excluding hydrogens is 468 g/mol. The first-order chi connectivity index (χ1) is 17.1. The number of esters is 1. The lowest BCUT2D eigenvalue weighted by Gasteiger charge is -2.39. The van der Waals surface area contributed by atoms with Gasteiger partial charge in [-0.2, -0.15) is 5.10 Å². The van der Waals surface area contributed by atoms with E-state index < -0.39 is 41.1 Å². The highest BCUT2D eigenvalue weighted by Gasteiger charge is 2.64. The van der Waals surface area contributed by atoms with Crippen molar-refractivity contribution in [2.45, 2.75) is 57.5 Å². The molecule has 1 saturated heterocycles. The molecule has 0 radical (unpaired) electrons. The van der Waals surface area contributed by atoms with Crippen LogP contribution < -0.4 is 0 Å². The molecule has 0 bridgehead atoms. The van der Waals surface area contributed by atoms with Gasteiger partial charge in [0, 0.05) is 12.4 Å². The Morgan fingerprint density at radius 3 is 2.53 bits per heavy atom. The SMILES string of the molecule is CC(C)(C)OC(=O)[C@]1(Cn2cccn2)C[C@@H](C(=O)O)[C@@H](c2cnco2)N1C(=O)OCc1ccccc1. The summed E-state index contributed by atoms with van der Waals surface area (Å²) in [6.45, 7) is 4.86. The van der Waals surface area contributed by atoms with Gasteiger partial charge in [0.2, 0.25) is 0 Å². The van der Waals surface area contributed by atoms with Crippen molar-refractivity contribution in [1.82, 2.24) is 19.7 Å². The number of amides is 1. The lowest BCUT2D eigenvalue weighted by molar-refractivity contribution is -0.169. The van der Waals surface area contributed by atoms with E-state index in [1.165, 1.54) is 17.1 Å². The van der Waals surface area contributed by atoms with Crippen LogP contribution in [-0.4, -0.2) is 53.9 Å². The molecule has 1 fully saturated rings. The molecule has 1 aliphatic heterocycles. The van der Waals surface area contributed by atoms with Gasteiger partial charge in [-0.3, -0.25) is 14.4 Å². The average molecular weight is 497 g/mol. The Morgan fingerprint density at radius 1 is 1.19 bits per heavy atom. The molecule has 0 unspecified atom stereocenters. The standard InChI is InChI=1S/C25H28N4O7/c1-24(2,3)36-22(32)25(15-28-11-7-10-27-28)12-18(21(30)31)20(19-13-26-16-35-19)29(25)23(33)34-14-17-8-5-4-6-9-17/h4-11,13,16,18,20H,12,14-15H2,1-3H3,(H,30,31)/t18-,20+,25-/m1/s1. The van der Waals surface area contributed by atoms with Crippen LogP contribution in [0.25, 0.3) is 0 Å². The Hall–Kier alpha value is -4.15. The van der Waals surface area contributed by atoms with Gasteiger partial charge in [0.25, 0.3) is 0 Å². The summed E-state index contributed by atoms with van der Waals surface area (Å²) in [5.41, 5.74) is -1.93. The zero-order valence-corrected chi connectivity index (χ0v) is 20.2. The van der Waals surface area contributed by atoms with E-state index in [4.69, 9.17) is 13.9 Å². The number of likely N-dealkylation sites (tertiary alicyclic amines) is 1. The number of aromatic nitrogens is 3. The van der Waals surface area contributed by atoms with Crippen LogP contribution in [0.2, 0.25) is 0 Å². The zero-order valence-electron chi connectivity index (χ0n) is 20.2. The van der Waals surface area contributed by atoms with Gasteiger partial charge in [-0.1, -0.05) is 30.3 Å². The first kappa shape index (κ1) is 25.0. The van der Waals surface area contributed by atoms with Crippen molar-refractivity contribution >= 4 is 18.0 Å². The number of aliphatic carboxylic acids is 1. The minimum Gasteiger partial charge on any atom is -0.481 e.